The molecule has 0 spiro atoms. The van der Waals surface area contributed by atoms with Crippen molar-refractivity contribution in [3.8, 4) is 11.4 Å². The van der Waals surface area contributed by atoms with Gasteiger partial charge in [0, 0.05) is 12.7 Å². The molecule has 0 fully saturated rings. The Hall–Kier alpha value is -2.20. The van der Waals surface area contributed by atoms with Crippen LogP contribution in [0.4, 0.5) is 4.39 Å². The fourth-order valence-electron chi connectivity index (χ4n) is 2.23. The molecule has 0 radical (unpaired) electrons. The summed E-state index contributed by atoms with van der Waals surface area (Å²) in [6.07, 6.45) is 1.91. The molecule has 3 nitrogen and oxygen atoms in total. The fraction of sp³-hybridized carbons (Fsp3) is 0.133. The minimum Gasteiger partial charge on any atom is -0.314 e. The van der Waals surface area contributed by atoms with E-state index in [9.17, 15) is 4.39 Å². The highest BCUT2D eigenvalue weighted by molar-refractivity contribution is 5.65. The van der Waals surface area contributed by atoms with Crippen LogP contribution in [0, 0.1) is 5.82 Å². The van der Waals surface area contributed by atoms with E-state index in [0.717, 1.165) is 11.2 Å². The first-order chi connectivity index (χ1) is 9.31. The van der Waals surface area contributed by atoms with Crippen LogP contribution in [0.25, 0.3) is 16.9 Å². The molecule has 1 N–H and O–H groups in total. The minimum absolute atomic E-state index is 0.255. The molecule has 0 atom stereocenters. The second kappa shape index (κ2) is 4.82. The fourth-order valence-corrected chi connectivity index (χ4v) is 2.23. The highest BCUT2D eigenvalue weighted by atomic mass is 19.1. The molecule has 0 bridgehead atoms. The summed E-state index contributed by atoms with van der Waals surface area (Å²) >= 11 is 0. The van der Waals surface area contributed by atoms with Crippen LogP contribution in [0.1, 0.15) is 5.69 Å². The molecule has 0 saturated carbocycles. The third-order valence-electron chi connectivity index (χ3n) is 3.08. The molecule has 1 aromatic carbocycles. The third kappa shape index (κ3) is 2.00. The number of nitrogens with one attached hydrogen (secondary N) is 1. The van der Waals surface area contributed by atoms with Gasteiger partial charge >= 0.3 is 0 Å². The van der Waals surface area contributed by atoms with E-state index in [1.807, 2.05) is 41.9 Å². The number of imidazole rings is 1. The zero-order valence-corrected chi connectivity index (χ0v) is 10.6. The van der Waals surface area contributed by atoms with Crippen LogP contribution in [-0.4, -0.2) is 16.4 Å². The van der Waals surface area contributed by atoms with E-state index >= 15 is 0 Å². The zero-order chi connectivity index (χ0) is 13.2. The van der Waals surface area contributed by atoms with Crippen LogP contribution in [-0.2, 0) is 6.54 Å². The van der Waals surface area contributed by atoms with Crippen molar-refractivity contribution >= 4 is 5.52 Å². The van der Waals surface area contributed by atoms with Crippen molar-refractivity contribution in [2.24, 2.45) is 0 Å². The second-order valence-corrected chi connectivity index (χ2v) is 4.35. The van der Waals surface area contributed by atoms with E-state index in [4.69, 9.17) is 0 Å². The van der Waals surface area contributed by atoms with Crippen LogP contribution >= 0.6 is 0 Å². The van der Waals surface area contributed by atoms with Gasteiger partial charge in [-0.05, 0) is 31.3 Å². The van der Waals surface area contributed by atoms with Crippen molar-refractivity contribution < 1.29 is 4.39 Å². The van der Waals surface area contributed by atoms with Crippen LogP contribution in [0.15, 0.2) is 48.7 Å². The predicted octanol–water partition coefficient (Wildman–Crippen LogP) is 2.86. The molecule has 0 unspecified atom stereocenters. The van der Waals surface area contributed by atoms with Gasteiger partial charge in [-0.2, -0.15) is 0 Å². The van der Waals surface area contributed by atoms with Gasteiger partial charge in [-0.1, -0.05) is 18.2 Å². The number of hydrogen-bond donors (Lipinski definition) is 1. The number of pyridine rings is 1. The Morgan fingerprint density at radius 3 is 2.74 bits per heavy atom. The Morgan fingerprint density at radius 2 is 1.95 bits per heavy atom. The first kappa shape index (κ1) is 11.9. The van der Waals surface area contributed by atoms with Crippen LogP contribution in [0.3, 0.4) is 0 Å². The number of fused-ring (bicyclic) bond motifs is 1. The number of benzene rings is 1. The Morgan fingerprint density at radius 1 is 1.16 bits per heavy atom. The Kier molecular flexibility index (Phi) is 3.01. The summed E-state index contributed by atoms with van der Waals surface area (Å²) in [7, 11) is 1.87. The van der Waals surface area contributed by atoms with Crippen LogP contribution in [0.5, 0.6) is 0 Å². The van der Waals surface area contributed by atoms with Crippen LogP contribution in [0.2, 0.25) is 0 Å². The number of rotatable bonds is 3. The number of hydrogen-bond acceptors (Lipinski definition) is 2. The second-order valence-electron chi connectivity index (χ2n) is 4.35. The van der Waals surface area contributed by atoms with Crippen molar-refractivity contribution in [3.63, 3.8) is 0 Å². The van der Waals surface area contributed by atoms with E-state index in [1.165, 1.54) is 6.07 Å². The van der Waals surface area contributed by atoms with Gasteiger partial charge < -0.3 is 5.32 Å². The predicted molar refractivity (Wildman–Crippen MR) is 73.3 cm³/mol. The van der Waals surface area contributed by atoms with Gasteiger partial charge in [-0.25, -0.2) is 9.37 Å². The van der Waals surface area contributed by atoms with E-state index in [0.29, 0.717) is 17.9 Å². The molecule has 96 valence electrons. The molecule has 2 heterocycles. The van der Waals surface area contributed by atoms with Gasteiger partial charge in [0.2, 0.25) is 0 Å². The lowest BCUT2D eigenvalue weighted by Gasteiger charge is -2.01. The largest absolute Gasteiger partial charge is 0.314 e. The SMILES string of the molecule is CNCc1nc(-c2ccccc2F)n2ccccc12. The smallest absolute Gasteiger partial charge is 0.147 e. The van der Waals surface area contributed by atoms with Gasteiger partial charge in [0.05, 0.1) is 16.8 Å². The average molecular weight is 255 g/mol. The van der Waals surface area contributed by atoms with Gasteiger partial charge in [-0.15, -0.1) is 0 Å². The standard InChI is InChI=1S/C15H14FN3/c1-17-10-13-14-8-4-5-9-19(14)15(18-13)11-6-2-3-7-12(11)16/h2-9,17H,10H2,1H3. The first-order valence-electron chi connectivity index (χ1n) is 6.16. The molecule has 2 aromatic heterocycles. The zero-order valence-electron chi connectivity index (χ0n) is 10.6. The van der Waals surface area contributed by atoms with E-state index < -0.39 is 0 Å². The van der Waals surface area contributed by atoms with Crippen molar-refractivity contribution in [2.45, 2.75) is 6.54 Å². The molecular formula is C15H14FN3. The topological polar surface area (TPSA) is 29.3 Å². The number of aromatic nitrogens is 2. The Labute approximate surface area is 110 Å². The maximum Gasteiger partial charge on any atom is 0.147 e. The normalized spacial score (nSPS) is 11.1. The van der Waals surface area contributed by atoms with E-state index in [1.54, 1.807) is 12.1 Å². The minimum atomic E-state index is -0.255. The van der Waals surface area contributed by atoms with Gasteiger partial charge in [0.1, 0.15) is 11.6 Å². The van der Waals surface area contributed by atoms with Crippen molar-refractivity contribution in [1.82, 2.24) is 14.7 Å². The molecule has 3 rings (SSSR count). The van der Waals surface area contributed by atoms with Gasteiger partial charge in [-0.3, -0.25) is 4.40 Å². The molecular weight excluding hydrogens is 241 g/mol. The highest BCUT2D eigenvalue weighted by Crippen LogP contribution is 2.24. The number of nitrogens with zero attached hydrogens (tertiary/aromatic N) is 2. The summed E-state index contributed by atoms with van der Waals surface area (Å²) in [5, 5.41) is 3.09. The highest BCUT2D eigenvalue weighted by Gasteiger charge is 2.14. The molecule has 0 saturated heterocycles. The molecule has 0 aliphatic rings. The summed E-state index contributed by atoms with van der Waals surface area (Å²) in [5.41, 5.74) is 2.43. The van der Waals surface area contributed by atoms with Gasteiger partial charge in [0.15, 0.2) is 0 Å². The summed E-state index contributed by atoms with van der Waals surface area (Å²) in [6, 6.07) is 12.6. The Bertz CT molecular complexity index is 718. The molecule has 4 heteroatoms. The van der Waals surface area contributed by atoms with Crippen molar-refractivity contribution in [3.05, 3.63) is 60.2 Å². The quantitative estimate of drug-likeness (QED) is 0.779. The lowest BCUT2D eigenvalue weighted by Crippen LogP contribution is -2.05. The molecule has 0 aliphatic heterocycles. The summed E-state index contributed by atoms with van der Waals surface area (Å²) < 4.78 is 15.9. The first-order valence-corrected chi connectivity index (χ1v) is 6.16. The van der Waals surface area contributed by atoms with Crippen LogP contribution < -0.4 is 5.32 Å². The third-order valence-corrected chi connectivity index (χ3v) is 3.08. The van der Waals surface area contributed by atoms with Crippen molar-refractivity contribution in [1.29, 1.82) is 0 Å². The summed E-state index contributed by atoms with van der Waals surface area (Å²) in [5.74, 6) is 0.383. The maximum atomic E-state index is 13.9. The Balaban J connectivity index is 2.27. The monoisotopic (exact) mass is 255 g/mol. The van der Waals surface area contributed by atoms with Gasteiger partial charge in [0.25, 0.3) is 0 Å². The molecule has 19 heavy (non-hydrogen) atoms. The average Bonchev–Trinajstić information content (AvgIpc) is 2.79. The molecule has 0 amide bonds. The number of halogens is 1. The molecule has 0 aliphatic carbocycles. The lowest BCUT2D eigenvalue weighted by molar-refractivity contribution is 0.630. The van der Waals surface area contributed by atoms with E-state index in [-0.39, 0.29) is 5.82 Å². The summed E-state index contributed by atoms with van der Waals surface area (Å²) in [6.45, 7) is 0.655. The lowest BCUT2D eigenvalue weighted by atomic mass is 10.2. The summed E-state index contributed by atoms with van der Waals surface area (Å²) in [4.78, 5) is 4.57. The van der Waals surface area contributed by atoms with Crippen molar-refractivity contribution in [2.75, 3.05) is 7.05 Å². The van der Waals surface area contributed by atoms with E-state index in [2.05, 4.69) is 10.3 Å². The maximum absolute atomic E-state index is 13.9. The molecule has 3 aromatic rings.